The van der Waals surface area contributed by atoms with Crippen LogP contribution in [0.15, 0.2) is 60.7 Å². The van der Waals surface area contributed by atoms with E-state index in [1.54, 1.807) is 12.1 Å². The van der Waals surface area contributed by atoms with Gasteiger partial charge in [0, 0.05) is 11.4 Å². The monoisotopic (exact) mass is 385 g/mol. The van der Waals surface area contributed by atoms with Crippen LogP contribution in [0.2, 0.25) is 0 Å². The lowest BCUT2D eigenvalue weighted by Crippen LogP contribution is -2.19. The molecule has 3 N–H and O–H groups in total. The van der Waals surface area contributed by atoms with Gasteiger partial charge in [-0.05, 0) is 60.4 Å². The van der Waals surface area contributed by atoms with E-state index in [1.165, 1.54) is 11.1 Å². The minimum Gasteiger partial charge on any atom is -0.354 e. The molecule has 29 heavy (non-hydrogen) atoms. The number of imide groups is 1. The van der Waals surface area contributed by atoms with Gasteiger partial charge in [0.1, 0.15) is 0 Å². The van der Waals surface area contributed by atoms with Crippen molar-refractivity contribution in [3.63, 3.8) is 0 Å². The first-order valence-corrected chi connectivity index (χ1v) is 9.83. The largest absolute Gasteiger partial charge is 0.354 e. The zero-order valence-electron chi connectivity index (χ0n) is 16.5. The summed E-state index contributed by atoms with van der Waals surface area (Å²) in [5, 5.41) is 9.18. The van der Waals surface area contributed by atoms with Gasteiger partial charge in [0.05, 0.1) is 22.5 Å². The van der Waals surface area contributed by atoms with Crippen LogP contribution in [0.1, 0.15) is 45.7 Å². The molecule has 0 radical (unpaired) electrons. The number of fused-ring (bicyclic) bond motifs is 1. The number of nitrogens with one attached hydrogen (secondary N) is 3. The normalized spacial score (nSPS) is 12.5. The van der Waals surface area contributed by atoms with Crippen LogP contribution in [-0.4, -0.2) is 11.8 Å². The highest BCUT2D eigenvalue weighted by molar-refractivity contribution is 6.22. The summed E-state index contributed by atoms with van der Waals surface area (Å²) in [7, 11) is 0. The van der Waals surface area contributed by atoms with Crippen molar-refractivity contribution in [3.8, 4) is 0 Å². The van der Waals surface area contributed by atoms with Gasteiger partial charge in [-0.25, -0.2) is 0 Å². The lowest BCUT2D eigenvalue weighted by atomic mass is 10.1. The molecule has 146 valence electrons. The Balaban J connectivity index is 1.76. The van der Waals surface area contributed by atoms with Crippen LogP contribution in [0, 0.1) is 0 Å². The second kappa shape index (κ2) is 7.80. The van der Waals surface area contributed by atoms with Crippen molar-refractivity contribution in [2.45, 2.75) is 26.7 Å². The molecule has 0 fully saturated rings. The third-order valence-corrected chi connectivity index (χ3v) is 5.10. The maximum Gasteiger partial charge on any atom is 0.259 e. The Bertz CT molecular complexity index is 1020. The van der Waals surface area contributed by atoms with Crippen molar-refractivity contribution in [3.05, 3.63) is 82.9 Å². The molecule has 0 saturated heterocycles. The van der Waals surface area contributed by atoms with Crippen LogP contribution >= 0.6 is 0 Å². The van der Waals surface area contributed by atoms with Crippen LogP contribution in [-0.2, 0) is 12.8 Å². The van der Waals surface area contributed by atoms with Crippen LogP contribution in [0.25, 0.3) is 0 Å². The summed E-state index contributed by atoms with van der Waals surface area (Å²) < 4.78 is 0. The fraction of sp³-hybridized carbons (Fsp3) is 0.167. The van der Waals surface area contributed by atoms with E-state index < -0.39 is 0 Å². The minimum absolute atomic E-state index is 0.366. The predicted octanol–water partition coefficient (Wildman–Crippen LogP) is 5.18. The zero-order valence-corrected chi connectivity index (χ0v) is 16.5. The molecule has 0 aliphatic carbocycles. The maximum absolute atomic E-state index is 12.2. The van der Waals surface area contributed by atoms with Crippen molar-refractivity contribution in [1.29, 1.82) is 0 Å². The molecule has 1 heterocycles. The Morgan fingerprint density at radius 3 is 1.55 bits per heavy atom. The molecule has 0 unspecified atom stereocenters. The van der Waals surface area contributed by atoms with Crippen molar-refractivity contribution in [1.82, 2.24) is 5.32 Å². The van der Waals surface area contributed by atoms with Gasteiger partial charge in [-0.3, -0.25) is 14.9 Å². The van der Waals surface area contributed by atoms with E-state index in [2.05, 4.69) is 54.1 Å². The number of hydrogen-bond acceptors (Lipinski definition) is 4. The third kappa shape index (κ3) is 3.85. The van der Waals surface area contributed by atoms with E-state index in [0.29, 0.717) is 11.1 Å². The Hall–Kier alpha value is -3.60. The zero-order chi connectivity index (χ0) is 20.4. The molecular formula is C24H23N3O2. The summed E-state index contributed by atoms with van der Waals surface area (Å²) in [6.45, 7) is 4.22. The fourth-order valence-electron chi connectivity index (χ4n) is 3.47. The van der Waals surface area contributed by atoms with Gasteiger partial charge in [0.2, 0.25) is 0 Å². The molecule has 0 bridgehead atoms. The molecule has 0 aromatic heterocycles. The van der Waals surface area contributed by atoms with E-state index in [1.807, 2.05) is 24.3 Å². The second-order valence-corrected chi connectivity index (χ2v) is 7.08. The van der Waals surface area contributed by atoms with Crippen LogP contribution in [0.5, 0.6) is 0 Å². The Kier molecular flexibility index (Phi) is 5.04. The van der Waals surface area contributed by atoms with Crippen LogP contribution in [0.3, 0.4) is 0 Å². The van der Waals surface area contributed by atoms with E-state index in [-0.39, 0.29) is 11.8 Å². The first-order chi connectivity index (χ1) is 14.1. The number of amides is 2. The molecule has 0 spiro atoms. The van der Waals surface area contributed by atoms with Gasteiger partial charge in [-0.2, -0.15) is 0 Å². The smallest absolute Gasteiger partial charge is 0.259 e. The molecule has 1 aliphatic heterocycles. The molecule has 0 atom stereocenters. The van der Waals surface area contributed by atoms with E-state index in [4.69, 9.17) is 0 Å². The Morgan fingerprint density at radius 2 is 1.14 bits per heavy atom. The number of benzene rings is 3. The third-order valence-electron chi connectivity index (χ3n) is 5.10. The molecule has 2 amide bonds. The van der Waals surface area contributed by atoms with Crippen LogP contribution < -0.4 is 16.0 Å². The van der Waals surface area contributed by atoms with Crippen LogP contribution in [0.4, 0.5) is 22.7 Å². The quantitative estimate of drug-likeness (QED) is 0.511. The lowest BCUT2D eigenvalue weighted by molar-refractivity contribution is 0.0879. The Labute approximate surface area is 170 Å². The van der Waals surface area contributed by atoms with Crippen molar-refractivity contribution < 1.29 is 9.59 Å². The number of carbonyl (C=O) groups is 2. The molecule has 1 aliphatic rings. The van der Waals surface area contributed by atoms with Crippen molar-refractivity contribution in [2.24, 2.45) is 0 Å². The first kappa shape index (κ1) is 18.7. The SMILES string of the molecule is CCc1cccc(Nc2cc3c(cc2Nc2cccc(CC)c2)C(=O)NC3=O)c1. The lowest BCUT2D eigenvalue weighted by Gasteiger charge is -2.16. The molecular weight excluding hydrogens is 362 g/mol. The fourth-order valence-corrected chi connectivity index (χ4v) is 3.47. The van der Waals surface area contributed by atoms with Gasteiger partial charge >= 0.3 is 0 Å². The predicted molar refractivity (Wildman–Crippen MR) is 116 cm³/mol. The summed E-state index contributed by atoms with van der Waals surface area (Å²) in [5.74, 6) is -0.732. The highest BCUT2D eigenvalue weighted by atomic mass is 16.2. The highest BCUT2D eigenvalue weighted by Crippen LogP contribution is 2.34. The molecule has 3 aromatic rings. The van der Waals surface area contributed by atoms with E-state index >= 15 is 0 Å². The minimum atomic E-state index is -0.366. The standard InChI is InChI=1S/C24H23N3O2/c1-3-15-7-5-9-17(11-15)25-21-13-19-20(24(29)27-23(19)28)14-22(21)26-18-10-6-8-16(4-2)12-18/h5-14,25-26H,3-4H2,1-2H3,(H,27,28,29). The summed E-state index contributed by atoms with van der Waals surface area (Å²) in [4.78, 5) is 24.3. The van der Waals surface area contributed by atoms with Gasteiger partial charge in [0.25, 0.3) is 11.8 Å². The van der Waals surface area contributed by atoms with E-state index in [0.717, 1.165) is 35.6 Å². The van der Waals surface area contributed by atoms with Gasteiger partial charge in [-0.1, -0.05) is 38.1 Å². The topological polar surface area (TPSA) is 70.2 Å². The molecule has 3 aromatic carbocycles. The molecule has 5 heteroatoms. The number of aryl methyl sites for hydroxylation is 2. The van der Waals surface area contributed by atoms with Crippen molar-refractivity contribution >= 4 is 34.6 Å². The number of carbonyl (C=O) groups excluding carboxylic acids is 2. The summed E-state index contributed by atoms with van der Waals surface area (Å²) in [6, 6.07) is 19.8. The van der Waals surface area contributed by atoms with Crippen molar-refractivity contribution in [2.75, 3.05) is 10.6 Å². The van der Waals surface area contributed by atoms with E-state index in [9.17, 15) is 9.59 Å². The number of hydrogen-bond donors (Lipinski definition) is 3. The first-order valence-electron chi connectivity index (χ1n) is 9.83. The summed E-state index contributed by atoms with van der Waals surface area (Å²) in [6.07, 6.45) is 1.87. The summed E-state index contributed by atoms with van der Waals surface area (Å²) in [5.41, 5.74) is 6.55. The average Bonchev–Trinajstić information content (AvgIpc) is 3.01. The van der Waals surface area contributed by atoms with Gasteiger partial charge < -0.3 is 10.6 Å². The molecule has 0 saturated carbocycles. The average molecular weight is 385 g/mol. The molecule has 5 nitrogen and oxygen atoms in total. The maximum atomic E-state index is 12.2. The van der Waals surface area contributed by atoms with Gasteiger partial charge in [-0.15, -0.1) is 0 Å². The summed E-state index contributed by atoms with van der Waals surface area (Å²) >= 11 is 0. The number of rotatable bonds is 6. The Morgan fingerprint density at radius 1 is 0.690 bits per heavy atom. The molecule has 4 rings (SSSR count). The van der Waals surface area contributed by atoms with Gasteiger partial charge in [0.15, 0.2) is 0 Å². The second-order valence-electron chi connectivity index (χ2n) is 7.08. The highest BCUT2D eigenvalue weighted by Gasteiger charge is 2.28. The number of anilines is 4.